The topological polar surface area (TPSA) is 46.2 Å². The van der Waals surface area contributed by atoms with Crippen molar-refractivity contribution < 1.29 is 8.42 Å². The lowest BCUT2D eigenvalue weighted by Crippen LogP contribution is -2.42. The zero-order chi connectivity index (χ0) is 12.3. The van der Waals surface area contributed by atoms with Crippen LogP contribution in [0.3, 0.4) is 0 Å². The molecule has 0 aromatic rings. The van der Waals surface area contributed by atoms with Crippen molar-refractivity contribution in [3.05, 3.63) is 0 Å². The molecule has 0 aromatic heterocycles. The van der Waals surface area contributed by atoms with Gasteiger partial charge in [-0.15, -0.1) is 0 Å². The van der Waals surface area contributed by atoms with Crippen LogP contribution in [0.15, 0.2) is 0 Å². The number of nitrogens with one attached hydrogen (secondary N) is 1. The third kappa shape index (κ3) is 6.15. The van der Waals surface area contributed by atoms with Gasteiger partial charge in [-0.05, 0) is 32.2 Å². The van der Waals surface area contributed by atoms with Gasteiger partial charge in [-0.1, -0.05) is 20.8 Å². The quantitative estimate of drug-likeness (QED) is 0.740. The van der Waals surface area contributed by atoms with Gasteiger partial charge in [0.05, 0.1) is 4.75 Å². The van der Waals surface area contributed by atoms with E-state index in [1.165, 1.54) is 6.26 Å². The van der Waals surface area contributed by atoms with E-state index in [0.29, 0.717) is 12.0 Å². The van der Waals surface area contributed by atoms with Crippen LogP contribution in [0.2, 0.25) is 0 Å². The van der Waals surface area contributed by atoms with Crippen molar-refractivity contribution >= 4 is 9.84 Å². The van der Waals surface area contributed by atoms with E-state index in [1.54, 1.807) is 13.8 Å². The second-order valence-electron chi connectivity index (χ2n) is 6.02. The Morgan fingerprint density at radius 2 is 1.53 bits per heavy atom. The van der Waals surface area contributed by atoms with E-state index in [4.69, 9.17) is 0 Å². The first kappa shape index (κ1) is 14.9. The van der Waals surface area contributed by atoms with Crippen LogP contribution in [0, 0.1) is 5.41 Å². The summed E-state index contributed by atoms with van der Waals surface area (Å²) in [6, 6.07) is 0. The maximum Gasteiger partial charge on any atom is 0.153 e. The smallest absolute Gasteiger partial charge is 0.153 e. The average Bonchev–Trinajstić information content (AvgIpc) is 1.94. The summed E-state index contributed by atoms with van der Waals surface area (Å²) in [5.41, 5.74) is 0.294. The van der Waals surface area contributed by atoms with Crippen LogP contribution >= 0.6 is 0 Å². The van der Waals surface area contributed by atoms with Crippen molar-refractivity contribution in [3.63, 3.8) is 0 Å². The fourth-order valence-corrected chi connectivity index (χ4v) is 1.35. The first-order chi connectivity index (χ1) is 6.46. The molecule has 0 saturated heterocycles. The van der Waals surface area contributed by atoms with Crippen molar-refractivity contribution in [2.75, 3.05) is 19.3 Å². The normalized spacial score (nSPS) is 14.3. The highest BCUT2D eigenvalue weighted by Gasteiger charge is 2.29. The molecule has 1 N–H and O–H groups in total. The van der Waals surface area contributed by atoms with E-state index >= 15 is 0 Å². The Hall–Kier alpha value is -0.0900. The number of hydrogen-bond donors (Lipinski definition) is 1. The first-order valence-electron chi connectivity index (χ1n) is 5.36. The Morgan fingerprint density at radius 3 is 1.87 bits per heavy atom. The van der Waals surface area contributed by atoms with E-state index < -0.39 is 14.6 Å². The molecule has 0 aromatic carbocycles. The summed E-state index contributed by atoms with van der Waals surface area (Å²) in [4.78, 5) is 0. The molecular formula is C11H25NO2S. The molecule has 0 aliphatic carbocycles. The minimum atomic E-state index is -2.98. The highest BCUT2D eigenvalue weighted by atomic mass is 32.2. The fourth-order valence-electron chi connectivity index (χ4n) is 0.984. The molecular weight excluding hydrogens is 210 g/mol. The Bertz CT molecular complexity index is 286. The monoisotopic (exact) mass is 235 g/mol. The molecule has 92 valence electrons. The molecule has 0 fully saturated rings. The van der Waals surface area contributed by atoms with E-state index in [-0.39, 0.29) is 0 Å². The molecule has 0 unspecified atom stereocenters. The molecule has 0 rings (SSSR count). The minimum absolute atomic E-state index is 0.294. The van der Waals surface area contributed by atoms with Gasteiger partial charge in [0, 0.05) is 12.8 Å². The SMILES string of the molecule is CC(C)(C)CCNCC(C)(C)S(C)(=O)=O. The van der Waals surface area contributed by atoms with E-state index in [0.717, 1.165) is 13.0 Å². The van der Waals surface area contributed by atoms with Crippen molar-refractivity contribution in [1.29, 1.82) is 0 Å². The van der Waals surface area contributed by atoms with Gasteiger partial charge in [-0.2, -0.15) is 0 Å². The second kappa shape index (κ2) is 4.83. The predicted molar refractivity (Wildman–Crippen MR) is 65.9 cm³/mol. The summed E-state index contributed by atoms with van der Waals surface area (Å²) >= 11 is 0. The molecule has 0 heterocycles. The van der Waals surface area contributed by atoms with Crippen LogP contribution in [0.1, 0.15) is 41.0 Å². The Kier molecular flexibility index (Phi) is 4.80. The highest BCUT2D eigenvalue weighted by molar-refractivity contribution is 7.92. The van der Waals surface area contributed by atoms with Crippen LogP contribution in [-0.4, -0.2) is 32.5 Å². The highest BCUT2D eigenvalue weighted by Crippen LogP contribution is 2.18. The molecule has 0 aliphatic heterocycles. The Balaban J connectivity index is 3.98. The number of sulfone groups is 1. The lowest BCUT2D eigenvalue weighted by Gasteiger charge is -2.24. The van der Waals surface area contributed by atoms with Gasteiger partial charge < -0.3 is 5.32 Å². The van der Waals surface area contributed by atoms with Gasteiger partial charge in [0.2, 0.25) is 0 Å². The van der Waals surface area contributed by atoms with Gasteiger partial charge in [-0.3, -0.25) is 0 Å². The summed E-state index contributed by atoms with van der Waals surface area (Å²) in [6.07, 6.45) is 2.34. The molecule has 0 atom stereocenters. The molecule has 0 aliphatic rings. The Labute approximate surface area is 94.6 Å². The van der Waals surface area contributed by atoms with Crippen LogP contribution in [0.25, 0.3) is 0 Å². The lowest BCUT2D eigenvalue weighted by atomic mass is 9.92. The number of rotatable bonds is 5. The third-order valence-corrected chi connectivity index (χ3v) is 4.76. The second-order valence-corrected chi connectivity index (χ2v) is 8.67. The minimum Gasteiger partial charge on any atom is -0.315 e. The molecule has 0 bridgehead atoms. The maximum absolute atomic E-state index is 11.4. The van der Waals surface area contributed by atoms with E-state index in [9.17, 15) is 8.42 Å². The Morgan fingerprint density at radius 1 is 1.07 bits per heavy atom. The van der Waals surface area contributed by atoms with Gasteiger partial charge in [0.25, 0.3) is 0 Å². The molecule has 0 amide bonds. The number of hydrogen-bond acceptors (Lipinski definition) is 3. The molecule has 0 saturated carbocycles. The van der Waals surface area contributed by atoms with Crippen molar-refractivity contribution in [2.45, 2.75) is 45.8 Å². The van der Waals surface area contributed by atoms with Crippen molar-refractivity contribution in [2.24, 2.45) is 5.41 Å². The largest absolute Gasteiger partial charge is 0.315 e. The standard InChI is InChI=1S/C11H25NO2S/c1-10(2,3)7-8-12-9-11(4,5)15(6,13)14/h12H,7-9H2,1-6H3. The summed E-state index contributed by atoms with van der Waals surface area (Å²) in [6.45, 7) is 11.4. The first-order valence-corrected chi connectivity index (χ1v) is 7.25. The maximum atomic E-state index is 11.4. The zero-order valence-electron chi connectivity index (χ0n) is 10.8. The van der Waals surface area contributed by atoms with Crippen LogP contribution in [0.5, 0.6) is 0 Å². The molecule has 0 spiro atoms. The van der Waals surface area contributed by atoms with Gasteiger partial charge in [0.15, 0.2) is 9.84 Å². The average molecular weight is 235 g/mol. The predicted octanol–water partition coefficient (Wildman–Crippen LogP) is 1.84. The van der Waals surface area contributed by atoms with Crippen molar-refractivity contribution in [3.8, 4) is 0 Å². The van der Waals surface area contributed by atoms with Gasteiger partial charge in [-0.25, -0.2) is 8.42 Å². The van der Waals surface area contributed by atoms with Gasteiger partial charge in [0.1, 0.15) is 0 Å². The van der Waals surface area contributed by atoms with Crippen LogP contribution in [-0.2, 0) is 9.84 Å². The van der Waals surface area contributed by atoms with E-state index in [2.05, 4.69) is 26.1 Å². The summed E-state index contributed by atoms with van der Waals surface area (Å²) < 4.78 is 22.1. The zero-order valence-corrected chi connectivity index (χ0v) is 11.7. The van der Waals surface area contributed by atoms with Gasteiger partial charge >= 0.3 is 0 Å². The summed E-state index contributed by atoms with van der Waals surface area (Å²) in [5.74, 6) is 0. The molecule has 4 heteroatoms. The van der Waals surface area contributed by atoms with Crippen molar-refractivity contribution in [1.82, 2.24) is 5.32 Å². The molecule has 3 nitrogen and oxygen atoms in total. The lowest BCUT2D eigenvalue weighted by molar-refractivity contribution is 0.363. The van der Waals surface area contributed by atoms with Crippen LogP contribution < -0.4 is 5.32 Å². The van der Waals surface area contributed by atoms with E-state index in [1.807, 2.05) is 0 Å². The molecule has 0 radical (unpaired) electrons. The summed E-state index contributed by atoms with van der Waals surface area (Å²) in [7, 11) is -2.98. The third-order valence-electron chi connectivity index (χ3n) is 2.61. The summed E-state index contributed by atoms with van der Waals surface area (Å²) in [5, 5.41) is 3.21. The fraction of sp³-hybridized carbons (Fsp3) is 1.00. The van der Waals surface area contributed by atoms with Crippen LogP contribution in [0.4, 0.5) is 0 Å². The molecule has 15 heavy (non-hydrogen) atoms.